The number of piperidine rings is 1. The second-order valence-electron chi connectivity index (χ2n) is 6.53. The van der Waals surface area contributed by atoms with Gasteiger partial charge in [0.25, 0.3) is 0 Å². The van der Waals surface area contributed by atoms with E-state index in [1.54, 1.807) is 6.07 Å². The maximum atomic E-state index is 13.1. The summed E-state index contributed by atoms with van der Waals surface area (Å²) in [6, 6.07) is 14.9. The largest absolute Gasteiger partial charge is 0.310 e. The highest BCUT2D eigenvalue weighted by Gasteiger charge is 2.27. The summed E-state index contributed by atoms with van der Waals surface area (Å²) in [5.74, 6) is -0.271. The lowest BCUT2D eigenvalue weighted by Gasteiger charge is -2.38. The van der Waals surface area contributed by atoms with E-state index in [4.69, 9.17) is 0 Å². The SMILES string of the molecule is CCCN(Cc1ccc(F)cn1)C1CCNC(c2ccccc2)C1. The molecule has 1 aromatic heterocycles. The van der Waals surface area contributed by atoms with Crippen LogP contribution in [0.5, 0.6) is 0 Å². The van der Waals surface area contributed by atoms with E-state index in [1.807, 2.05) is 0 Å². The molecule has 1 aliphatic heterocycles. The minimum atomic E-state index is -0.271. The third kappa shape index (κ3) is 4.40. The summed E-state index contributed by atoms with van der Waals surface area (Å²) in [6.45, 7) is 5.08. The van der Waals surface area contributed by atoms with Crippen LogP contribution in [0.4, 0.5) is 4.39 Å². The molecule has 3 rings (SSSR count). The number of rotatable bonds is 6. The first-order chi connectivity index (χ1) is 11.8. The van der Waals surface area contributed by atoms with Gasteiger partial charge in [0.15, 0.2) is 0 Å². The Morgan fingerprint density at radius 2 is 2.04 bits per heavy atom. The molecule has 3 nitrogen and oxygen atoms in total. The Hall–Kier alpha value is -1.78. The van der Waals surface area contributed by atoms with Gasteiger partial charge in [-0.2, -0.15) is 0 Å². The summed E-state index contributed by atoms with van der Waals surface area (Å²) >= 11 is 0. The number of hydrogen-bond donors (Lipinski definition) is 1. The predicted molar refractivity (Wildman–Crippen MR) is 95.1 cm³/mol. The Balaban J connectivity index is 1.69. The van der Waals surface area contributed by atoms with Crippen molar-refractivity contribution >= 4 is 0 Å². The van der Waals surface area contributed by atoms with Crippen molar-refractivity contribution in [1.82, 2.24) is 15.2 Å². The summed E-state index contributed by atoms with van der Waals surface area (Å²) in [7, 11) is 0. The van der Waals surface area contributed by atoms with Crippen molar-refractivity contribution < 1.29 is 4.39 Å². The number of nitrogens with one attached hydrogen (secondary N) is 1. The first-order valence-corrected chi connectivity index (χ1v) is 8.89. The zero-order valence-electron chi connectivity index (χ0n) is 14.3. The smallest absolute Gasteiger partial charge is 0.141 e. The molecule has 0 radical (unpaired) electrons. The lowest BCUT2D eigenvalue weighted by Crippen LogP contribution is -2.44. The molecule has 4 heteroatoms. The molecule has 2 atom stereocenters. The van der Waals surface area contributed by atoms with Crippen molar-refractivity contribution in [1.29, 1.82) is 0 Å². The minimum Gasteiger partial charge on any atom is -0.310 e. The predicted octanol–water partition coefficient (Wildman–Crippen LogP) is 3.93. The highest BCUT2D eigenvalue weighted by Crippen LogP contribution is 2.27. The molecule has 1 fully saturated rings. The van der Waals surface area contributed by atoms with Crippen molar-refractivity contribution in [3.63, 3.8) is 0 Å². The molecule has 1 aromatic carbocycles. The number of benzene rings is 1. The van der Waals surface area contributed by atoms with E-state index in [9.17, 15) is 4.39 Å². The Morgan fingerprint density at radius 3 is 2.75 bits per heavy atom. The van der Waals surface area contributed by atoms with Crippen molar-refractivity contribution in [2.24, 2.45) is 0 Å². The van der Waals surface area contributed by atoms with Gasteiger partial charge in [0.2, 0.25) is 0 Å². The fourth-order valence-corrected chi connectivity index (χ4v) is 3.55. The van der Waals surface area contributed by atoms with Crippen molar-refractivity contribution in [3.05, 3.63) is 65.7 Å². The van der Waals surface area contributed by atoms with Crippen LogP contribution in [0, 0.1) is 5.82 Å². The molecule has 128 valence electrons. The minimum absolute atomic E-state index is 0.271. The van der Waals surface area contributed by atoms with Crippen LogP contribution in [-0.2, 0) is 6.54 Å². The van der Waals surface area contributed by atoms with E-state index in [1.165, 1.54) is 17.8 Å². The van der Waals surface area contributed by atoms with Crippen LogP contribution in [0.15, 0.2) is 48.7 Å². The van der Waals surface area contributed by atoms with Crippen LogP contribution < -0.4 is 5.32 Å². The monoisotopic (exact) mass is 327 g/mol. The van der Waals surface area contributed by atoms with Gasteiger partial charge >= 0.3 is 0 Å². The van der Waals surface area contributed by atoms with Crippen LogP contribution in [0.25, 0.3) is 0 Å². The summed E-state index contributed by atoms with van der Waals surface area (Å²) < 4.78 is 13.1. The molecular formula is C20H26FN3. The van der Waals surface area contributed by atoms with E-state index < -0.39 is 0 Å². The van der Waals surface area contributed by atoms with Gasteiger partial charge in [-0.05, 0) is 50.0 Å². The molecule has 1 aliphatic rings. The first-order valence-electron chi connectivity index (χ1n) is 8.89. The molecule has 0 amide bonds. The van der Waals surface area contributed by atoms with Crippen molar-refractivity contribution in [2.45, 2.75) is 44.8 Å². The first kappa shape index (κ1) is 17.1. The summed E-state index contributed by atoms with van der Waals surface area (Å²) in [5, 5.41) is 3.64. The fraction of sp³-hybridized carbons (Fsp3) is 0.450. The molecule has 1 saturated heterocycles. The number of hydrogen-bond acceptors (Lipinski definition) is 3. The molecular weight excluding hydrogens is 301 g/mol. The molecule has 1 N–H and O–H groups in total. The highest BCUT2D eigenvalue weighted by atomic mass is 19.1. The van der Waals surface area contributed by atoms with E-state index in [0.717, 1.165) is 44.6 Å². The molecule has 0 bridgehead atoms. The number of halogens is 1. The quantitative estimate of drug-likeness (QED) is 0.871. The third-order valence-corrected chi connectivity index (χ3v) is 4.76. The standard InChI is InChI=1S/C20H26FN3/c1-2-12-24(15-18-9-8-17(21)14-23-18)19-10-11-22-20(13-19)16-6-4-3-5-7-16/h3-9,14,19-20,22H,2,10-13,15H2,1H3. The van der Waals surface area contributed by atoms with E-state index >= 15 is 0 Å². The van der Waals surface area contributed by atoms with Gasteiger partial charge in [-0.3, -0.25) is 9.88 Å². The molecule has 2 heterocycles. The van der Waals surface area contributed by atoms with Gasteiger partial charge in [0.05, 0.1) is 11.9 Å². The Bertz CT molecular complexity index is 615. The molecule has 2 unspecified atom stereocenters. The average Bonchev–Trinajstić information content (AvgIpc) is 2.64. The summed E-state index contributed by atoms with van der Waals surface area (Å²) in [6.07, 6.45) is 4.67. The molecule has 0 saturated carbocycles. The zero-order valence-corrected chi connectivity index (χ0v) is 14.3. The maximum Gasteiger partial charge on any atom is 0.141 e. The second-order valence-corrected chi connectivity index (χ2v) is 6.53. The summed E-state index contributed by atoms with van der Waals surface area (Å²) in [4.78, 5) is 6.75. The topological polar surface area (TPSA) is 28.2 Å². The lowest BCUT2D eigenvalue weighted by molar-refractivity contribution is 0.134. The normalized spacial score (nSPS) is 21.1. The van der Waals surface area contributed by atoms with Crippen molar-refractivity contribution in [3.8, 4) is 0 Å². The van der Waals surface area contributed by atoms with Crippen LogP contribution in [0.2, 0.25) is 0 Å². The number of nitrogens with zero attached hydrogens (tertiary/aromatic N) is 2. The van der Waals surface area contributed by atoms with Gasteiger partial charge < -0.3 is 5.32 Å². The molecule has 0 aliphatic carbocycles. The fourth-order valence-electron chi connectivity index (χ4n) is 3.55. The van der Waals surface area contributed by atoms with Gasteiger partial charge in [0, 0.05) is 18.6 Å². The van der Waals surface area contributed by atoms with E-state index in [0.29, 0.717) is 12.1 Å². The molecule has 24 heavy (non-hydrogen) atoms. The highest BCUT2D eigenvalue weighted by molar-refractivity contribution is 5.20. The molecule has 2 aromatic rings. The zero-order chi connectivity index (χ0) is 16.8. The number of pyridine rings is 1. The van der Waals surface area contributed by atoms with Gasteiger partial charge in [0.1, 0.15) is 5.82 Å². The third-order valence-electron chi connectivity index (χ3n) is 4.76. The molecule has 0 spiro atoms. The Morgan fingerprint density at radius 1 is 1.21 bits per heavy atom. The maximum absolute atomic E-state index is 13.1. The number of aromatic nitrogens is 1. The van der Waals surface area contributed by atoms with Crippen molar-refractivity contribution in [2.75, 3.05) is 13.1 Å². The Kier molecular flexibility index (Phi) is 5.94. The second kappa shape index (κ2) is 8.36. The van der Waals surface area contributed by atoms with Gasteiger partial charge in [-0.25, -0.2) is 4.39 Å². The van der Waals surface area contributed by atoms with Crippen LogP contribution in [-0.4, -0.2) is 29.0 Å². The van der Waals surface area contributed by atoms with Gasteiger partial charge in [-0.15, -0.1) is 0 Å². The van der Waals surface area contributed by atoms with E-state index in [2.05, 4.69) is 52.5 Å². The van der Waals surface area contributed by atoms with Gasteiger partial charge in [-0.1, -0.05) is 37.3 Å². The summed E-state index contributed by atoms with van der Waals surface area (Å²) in [5.41, 5.74) is 2.30. The van der Waals surface area contributed by atoms with E-state index in [-0.39, 0.29) is 5.82 Å². The Labute approximate surface area is 143 Å². The van der Waals surface area contributed by atoms with Crippen LogP contribution >= 0.6 is 0 Å². The average molecular weight is 327 g/mol. The lowest BCUT2D eigenvalue weighted by atomic mass is 9.92. The van der Waals surface area contributed by atoms with Crippen LogP contribution in [0.3, 0.4) is 0 Å². The van der Waals surface area contributed by atoms with Crippen LogP contribution in [0.1, 0.15) is 43.5 Å².